The Morgan fingerprint density at radius 3 is 2.69 bits per heavy atom. The first-order chi connectivity index (χ1) is 12.6. The largest absolute Gasteiger partial charge is 0.354 e. The number of halogens is 1. The number of hydrogen-bond donors (Lipinski definition) is 1. The van der Waals surface area contributed by atoms with Gasteiger partial charge in [-0.3, -0.25) is 13.9 Å². The minimum atomic E-state index is -0.309. The summed E-state index contributed by atoms with van der Waals surface area (Å²) in [6.45, 7) is 1.09. The highest BCUT2D eigenvalue weighted by atomic mass is 19.1. The van der Waals surface area contributed by atoms with Crippen LogP contribution in [0.1, 0.15) is 18.4 Å². The van der Waals surface area contributed by atoms with Crippen LogP contribution in [-0.2, 0) is 17.9 Å². The number of nitrogens with one attached hydrogen (secondary N) is 1. The second-order valence-electron chi connectivity index (χ2n) is 6.56. The van der Waals surface area contributed by atoms with E-state index in [0.29, 0.717) is 25.3 Å². The fourth-order valence-corrected chi connectivity index (χ4v) is 3.05. The summed E-state index contributed by atoms with van der Waals surface area (Å²) in [6.07, 6.45) is 3.54. The van der Waals surface area contributed by atoms with E-state index in [-0.39, 0.29) is 23.3 Å². The molecule has 1 N–H and O–H groups in total. The predicted octanol–water partition coefficient (Wildman–Crippen LogP) is 1.91. The highest BCUT2D eigenvalue weighted by Crippen LogP contribution is 2.28. The highest BCUT2D eigenvalue weighted by molar-refractivity contribution is 5.80. The molecule has 0 atom stereocenters. The molecule has 26 heavy (non-hydrogen) atoms. The average molecular weight is 354 g/mol. The Bertz CT molecular complexity index is 1000. The molecule has 0 aliphatic heterocycles. The van der Waals surface area contributed by atoms with Crippen molar-refractivity contribution in [2.45, 2.75) is 25.9 Å². The van der Waals surface area contributed by atoms with Crippen LogP contribution in [0.25, 0.3) is 11.2 Å². The lowest BCUT2D eigenvalue weighted by molar-refractivity contribution is -0.122. The zero-order valence-corrected chi connectivity index (χ0v) is 14.2. The number of rotatable bonds is 6. The number of carbonyl (C=O) groups is 1. The van der Waals surface area contributed by atoms with Gasteiger partial charge in [-0.15, -0.1) is 0 Å². The molecule has 4 rings (SSSR count). The van der Waals surface area contributed by atoms with Crippen LogP contribution in [0.2, 0.25) is 0 Å². The Morgan fingerprint density at radius 2 is 1.96 bits per heavy atom. The number of imidazole rings is 1. The number of hydrogen-bond acceptors (Lipinski definition) is 3. The van der Waals surface area contributed by atoms with E-state index in [9.17, 15) is 14.0 Å². The number of nitrogens with zero attached hydrogens (tertiary/aromatic N) is 3. The lowest BCUT2D eigenvalue weighted by Crippen LogP contribution is -2.32. The van der Waals surface area contributed by atoms with Crippen LogP contribution in [0.4, 0.5) is 4.39 Å². The van der Waals surface area contributed by atoms with E-state index < -0.39 is 0 Å². The lowest BCUT2D eigenvalue weighted by atomic mass is 10.2. The van der Waals surface area contributed by atoms with Crippen molar-refractivity contribution in [3.05, 3.63) is 64.5 Å². The predicted molar refractivity (Wildman–Crippen MR) is 95.2 cm³/mol. The Morgan fingerprint density at radius 1 is 1.19 bits per heavy atom. The maximum atomic E-state index is 13.1. The number of benzene rings is 1. The molecule has 1 aliphatic carbocycles. The van der Waals surface area contributed by atoms with Crippen molar-refractivity contribution >= 4 is 17.1 Å². The van der Waals surface area contributed by atoms with Gasteiger partial charge >= 0.3 is 5.69 Å². The molecular formula is C19H19FN4O2. The summed E-state index contributed by atoms with van der Waals surface area (Å²) in [7, 11) is 0. The second-order valence-corrected chi connectivity index (χ2v) is 6.56. The Hall–Kier alpha value is -2.96. The third kappa shape index (κ3) is 3.24. The van der Waals surface area contributed by atoms with E-state index >= 15 is 0 Å². The Balaban J connectivity index is 1.60. The summed E-state index contributed by atoms with van der Waals surface area (Å²) < 4.78 is 16.3. The van der Waals surface area contributed by atoms with Crippen molar-refractivity contribution in [3.8, 4) is 0 Å². The standard InChI is InChI=1S/C19H19FN4O2/c20-15-7-3-13(4-8-15)12-24-16-2-1-9-21-17(16)23(19(24)26)11-10-22-18(25)14-5-6-14/h1-4,7-9,14H,5-6,10-12H2,(H,22,25). The molecule has 1 fully saturated rings. The fraction of sp³-hybridized carbons (Fsp3) is 0.316. The summed E-state index contributed by atoms with van der Waals surface area (Å²) >= 11 is 0. The first-order valence-electron chi connectivity index (χ1n) is 8.69. The summed E-state index contributed by atoms with van der Waals surface area (Å²) in [5, 5.41) is 2.87. The maximum absolute atomic E-state index is 13.1. The zero-order valence-electron chi connectivity index (χ0n) is 14.2. The molecule has 2 heterocycles. The van der Waals surface area contributed by atoms with Gasteiger partial charge in [0.05, 0.1) is 12.1 Å². The van der Waals surface area contributed by atoms with Gasteiger partial charge in [0.1, 0.15) is 5.82 Å². The van der Waals surface area contributed by atoms with Gasteiger partial charge in [0.2, 0.25) is 5.91 Å². The SMILES string of the molecule is O=C(NCCn1c(=O)n(Cc2ccc(F)cc2)c2cccnc21)C1CC1. The fourth-order valence-electron chi connectivity index (χ4n) is 3.05. The topological polar surface area (TPSA) is 68.9 Å². The Kier molecular flexibility index (Phi) is 4.28. The van der Waals surface area contributed by atoms with Crippen molar-refractivity contribution in [2.75, 3.05) is 6.54 Å². The minimum Gasteiger partial charge on any atom is -0.354 e. The van der Waals surface area contributed by atoms with Crippen LogP contribution in [0.3, 0.4) is 0 Å². The molecule has 1 aliphatic rings. The smallest absolute Gasteiger partial charge is 0.330 e. The van der Waals surface area contributed by atoms with Gasteiger partial charge in [0.25, 0.3) is 0 Å². The van der Waals surface area contributed by atoms with Crippen LogP contribution >= 0.6 is 0 Å². The summed E-state index contributed by atoms with van der Waals surface area (Å²) in [4.78, 5) is 29.0. The normalized spacial score (nSPS) is 13.9. The zero-order chi connectivity index (χ0) is 18.1. The molecule has 0 radical (unpaired) electrons. The van der Waals surface area contributed by atoms with E-state index in [4.69, 9.17) is 0 Å². The molecule has 1 saturated carbocycles. The molecule has 1 amide bonds. The van der Waals surface area contributed by atoms with Crippen molar-refractivity contribution in [2.24, 2.45) is 5.92 Å². The maximum Gasteiger partial charge on any atom is 0.330 e. The molecule has 2 aromatic heterocycles. The molecular weight excluding hydrogens is 335 g/mol. The van der Waals surface area contributed by atoms with Crippen molar-refractivity contribution in [1.82, 2.24) is 19.4 Å². The third-order valence-electron chi connectivity index (χ3n) is 4.61. The molecule has 6 nitrogen and oxygen atoms in total. The van der Waals surface area contributed by atoms with Gasteiger partial charge in [-0.05, 0) is 42.7 Å². The number of fused-ring (bicyclic) bond motifs is 1. The summed E-state index contributed by atoms with van der Waals surface area (Å²) in [5.74, 6) is -0.109. The molecule has 0 unspecified atom stereocenters. The van der Waals surface area contributed by atoms with Crippen LogP contribution in [0.15, 0.2) is 47.4 Å². The second kappa shape index (κ2) is 6.74. The highest BCUT2D eigenvalue weighted by Gasteiger charge is 2.29. The van der Waals surface area contributed by atoms with Crippen molar-refractivity contribution in [1.29, 1.82) is 0 Å². The monoisotopic (exact) mass is 354 g/mol. The van der Waals surface area contributed by atoms with Gasteiger partial charge in [0.15, 0.2) is 5.65 Å². The molecule has 0 spiro atoms. The summed E-state index contributed by atoms with van der Waals surface area (Å²) in [5.41, 5.74) is 1.94. The molecule has 134 valence electrons. The van der Waals surface area contributed by atoms with E-state index in [1.165, 1.54) is 12.1 Å². The molecule has 0 saturated heterocycles. The quantitative estimate of drug-likeness (QED) is 0.735. The van der Waals surface area contributed by atoms with Crippen LogP contribution in [-0.4, -0.2) is 26.6 Å². The van der Waals surface area contributed by atoms with Gasteiger partial charge in [-0.1, -0.05) is 12.1 Å². The van der Waals surface area contributed by atoms with Crippen LogP contribution in [0.5, 0.6) is 0 Å². The van der Waals surface area contributed by atoms with E-state index in [0.717, 1.165) is 23.9 Å². The molecule has 0 bridgehead atoms. The number of amides is 1. The molecule has 1 aromatic carbocycles. The molecule has 3 aromatic rings. The number of aromatic nitrogens is 3. The summed E-state index contributed by atoms with van der Waals surface area (Å²) in [6, 6.07) is 9.71. The van der Waals surface area contributed by atoms with Crippen molar-refractivity contribution in [3.63, 3.8) is 0 Å². The first-order valence-corrected chi connectivity index (χ1v) is 8.69. The van der Waals surface area contributed by atoms with Gasteiger partial charge < -0.3 is 5.32 Å². The van der Waals surface area contributed by atoms with Crippen molar-refractivity contribution < 1.29 is 9.18 Å². The lowest BCUT2D eigenvalue weighted by Gasteiger charge is -2.05. The van der Waals surface area contributed by atoms with E-state index in [1.54, 1.807) is 33.5 Å². The molecule has 7 heteroatoms. The average Bonchev–Trinajstić information content (AvgIpc) is 3.46. The number of carbonyl (C=O) groups excluding carboxylic acids is 1. The van der Waals surface area contributed by atoms with Crippen LogP contribution < -0.4 is 11.0 Å². The minimum absolute atomic E-state index is 0.0565. The Labute approximate surface area is 149 Å². The van der Waals surface area contributed by atoms with Gasteiger partial charge in [-0.25, -0.2) is 14.2 Å². The van der Waals surface area contributed by atoms with Gasteiger partial charge in [0, 0.05) is 25.2 Å². The number of pyridine rings is 1. The van der Waals surface area contributed by atoms with E-state index in [1.807, 2.05) is 6.07 Å². The van der Waals surface area contributed by atoms with Crippen LogP contribution in [0, 0.1) is 11.7 Å². The first kappa shape index (κ1) is 16.5. The third-order valence-corrected chi connectivity index (χ3v) is 4.61. The van der Waals surface area contributed by atoms with Gasteiger partial charge in [-0.2, -0.15) is 0 Å². The van der Waals surface area contributed by atoms with E-state index in [2.05, 4.69) is 10.3 Å².